The average molecular weight is 486 g/mol. The minimum Gasteiger partial charge on any atom is -0.508 e. The molecule has 0 saturated carbocycles. The first-order valence-corrected chi connectivity index (χ1v) is 10.8. The smallest absolute Gasteiger partial charge is 0.133 e. The lowest BCUT2D eigenvalue weighted by atomic mass is 9.93. The van der Waals surface area contributed by atoms with Crippen molar-refractivity contribution in [2.75, 3.05) is 7.11 Å². The number of aromatic hydroxyl groups is 1. The Morgan fingerprint density at radius 2 is 1.87 bits per heavy atom. The highest BCUT2D eigenvalue weighted by molar-refractivity contribution is 9.10. The van der Waals surface area contributed by atoms with Gasteiger partial charge in [0.05, 0.1) is 11.6 Å². The second-order valence-corrected chi connectivity index (χ2v) is 8.66. The summed E-state index contributed by atoms with van der Waals surface area (Å²) in [6.45, 7) is 2.07. The number of nitrogens with one attached hydrogen (secondary N) is 1. The Morgan fingerprint density at radius 1 is 1.10 bits per heavy atom. The Balaban J connectivity index is 1.77. The first kappa shape index (κ1) is 20.9. The molecule has 0 radical (unpaired) electrons. The lowest BCUT2D eigenvalue weighted by Gasteiger charge is -2.31. The highest BCUT2D eigenvalue weighted by Gasteiger charge is 2.28. The number of ether oxygens (including phenoxy) is 1. The quantitative estimate of drug-likeness (QED) is 0.453. The van der Waals surface area contributed by atoms with Gasteiger partial charge >= 0.3 is 0 Å². The average Bonchev–Trinajstić information content (AvgIpc) is 2.75. The number of aryl methyl sites for hydroxylation is 1. The van der Waals surface area contributed by atoms with Crippen molar-refractivity contribution in [1.82, 2.24) is 5.32 Å². The Bertz CT molecular complexity index is 1100. The summed E-state index contributed by atoms with van der Waals surface area (Å²) in [6.07, 6.45) is 0.366. The van der Waals surface area contributed by atoms with Gasteiger partial charge in [0.1, 0.15) is 17.7 Å². The maximum Gasteiger partial charge on any atom is 0.133 e. The van der Waals surface area contributed by atoms with Crippen molar-refractivity contribution in [1.29, 1.82) is 0 Å². The fourth-order valence-corrected chi connectivity index (χ4v) is 4.39. The highest BCUT2D eigenvalue weighted by atomic mass is 79.9. The van der Waals surface area contributed by atoms with Gasteiger partial charge in [-0.05, 0) is 64.3 Å². The van der Waals surface area contributed by atoms with Gasteiger partial charge in [0, 0.05) is 28.8 Å². The van der Waals surface area contributed by atoms with Crippen LogP contribution in [0.4, 0.5) is 0 Å². The van der Waals surface area contributed by atoms with E-state index in [9.17, 15) is 5.11 Å². The lowest BCUT2D eigenvalue weighted by Crippen LogP contribution is -2.33. The fourth-order valence-electron chi connectivity index (χ4n) is 3.65. The van der Waals surface area contributed by atoms with Gasteiger partial charge in [-0.3, -0.25) is 10.3 Å². The number of halogens is 2. The number of methoxy groups -OCH3 is 1. The number of phenols is 1. The standard InChI is InChI=1S/C24H22BrClN2O2/c1-14-3-5-15(6-4-14)20-13-21(18-12-17(26)8-9-22(18)29)28-24(27-20)16-7-10-23(30-2)19(25)11-16/h3-12,21,24,28-29H,13H2,1-2H3/t21-,24-/m1/s1. The van der Waals surface area contributed by atoms with Gasteiger partial charge in [0.25, 0.3) is 0 Å². The molecule has 4 nitrogen and oxygen atoms in total. The summed E-state index contributed by atoms with van der Waals surface area (Å²) in [5, 5.41) is 14.6. The third-order valence-corrected chi connectivity index (χ3v) is 6.14. The van der Waals surface area contributed by atoms with Crippen molar-refractivity contribution in [2.45, 2.75) is 25.6 Å². The Kier molecular flexibility index (Phi) is 6.14. The van der Waals surface area contributed by atoms with Crippen LogP contribution in [-0.4, -0.2) is 17.9 Å². The predicted octanol–water partition coefficient (Wildman–Crippen LogP) is 6.35. The van der Waals surface area contributed by atoms with Crippen molar-refractivity contribution >= 4 is 33.2 Å². The van der Waals surface area contributed by atoms with E-state index in [2.05, 4.69) is 52.4 Å². The topological polar surface area (TPSA) is 53.9 Å². The molecule has 0 aromatic heterocycles. The molecule has 0 bridgehead atoms. The minimum absolute atomic E-state index is 0.136. The molecule has 30 heavy (non-hydrogen) atoms. The van der Waals surface area contributed by atoms with Crippen LogP contribution in [0.2, 0.25) is 5.02 Å². The van der Waals surface area contributed by atoms with Gasteiger partial charge in [-0.2, -0.15) is 0 Å². The van der Waals surface area contributed by atoms with Gasteiger partial charge in [0.15, 0.2) is 0 Å². The molecular formula is C24H22BrClN2O2. The number of hydrogen-bond donors (Lipinski definition) is 2. The first-order valence-electron chi connectivity index (χ1n) is 9.66. The maximum absolute atomic E-state index is 10.5. The van der Waals surface area contributed by atoms with Crippen LogP contribution in [0, 0.1) is 6.92 Å². The molecule has 0 aliphatic carbocycles. The van der Waals surface area contributed by atoms with E-state index in [0.717, 1.165) is 32.6 Å². The molecule has 3 aromatic carbocycles. The number of aliphatic imine (C=N–C) groups is 1. The molecule has 4 rings (SSSR count). The van der Waals surface area contributed by atoms with Crippen molar-refractivity contribution < 1.29 is 9.84 Å². The zero-order valence-electron chi connectivity index (χ0n) is 16.7. The molecular weight excluding hydrogens is 464 g/mol. The molecule has 0 fully saturated rings. The van der Waals surface area contributed by atoms with Crippen molar-refractivity contribution in [2.24, 2.45) is 4.99 Å². The van der Waals surface area contributed by atoms with Gasteiger partial charge in [0.2, 0.25) is 0 Å². The van der Waals surface area contributed by atoms with E-state index < -0.39 is 0 Å². The largest absolute Gasteiger partial charge is 0.508 e. The Hall–Kier alpha value is -2.34. The molecule has 0 unspecified atom stereocenters. The molecule has 6 heteroatoms. The summed E-state index contributed by atoms with van der Waals surface area (Å²) < 4.78 is 6.22. The monoisotopic (exact) mass is 484 g/mol. The molecule has 0 amide bonds. The van der Waals surface area contributed by atoms with Gasteiger partial charge in [-0.1, -0.05) is 47.5 Å². The van der Waals surface area contributed by atoms with E-state index in [-0.39, 0.29) is 18.0 Å². The number of nitrogens with zero attached hydrogens (tertiary/aromatic N) is 1. The van der Waals surface area contributed by atoms with Crippen LogP contribution < -0.4 is 10.1 Å². The maximum atomic E-state index is 10.5. The second kappa shape index (κ2) is 8.80. The van der Waals surface area contributed by atoms with E-state index in [4.69, 9.17) is 21.3 Å². The molecule has 3 aromatic rings. The molecule has 0 saturated heterocycles. The van der Waals surface area contributed by atoms with Crippen LogP contribution >= 0.6 is 27.5 Å². The van der Waals surface area contributed by atoms with Crippen molar-refractivity contribution in [3.63, 3.8) is 0 Å². The Labute approximate surface area is 189 Å². The third-order valence-electron chi connectivity index (χ3n) is 5.28. The zero-order chi connectivity index (χ0) is 21.3. The fraction of sp³-hybridized carbons (Fsp3) is 0.208. The van der Waals surface area contributed by atoms with Crippen LogP contribution in [0.5, 0.6) is 11.5 Å². The van der Waals surface area contributed by atoms with Gasteiger partial charge in [-0.15, -0.1) is 0 Å². The highest BCUT2D eigenvalue weighted by Crippen LogP contribution is 2.37. The lowest BCUT2D eigenvalue weighted by molar-refractivity contribution is 0.406. The molecule has 0 spiro atoms. The zero-order valence-corrected chi connectivity index (χ0v) is 19.0. The summed E-state index contributed by atoms with van der Waals surface area (Å²) in [5.74, 6) is 0.984. The summed E-state index contributed by atoms with van der Waals surface area (Å²) in [6, 6.07) is 19.3. The third kappa shape index (κ3) is 4.38. The number of phenolic OH excluding ortho intramolecular Hbond substituents is 1. The van der Waals surface area contributed by atoms with Crippen LogP contribution in [0.1, 0.15) is 40.9 Å². The second-order valence-electron chi connectivity index (χ2n) is 7.36. The van der Waals surface area contributed by atoms with E-state index >= 15 is 0 Å². The van der Waals surface area contributed by atoms with E-state index in [0.29, 0.717) is 11.4 Å². The summed E-state index contributed by atoms with van der Waals surface area (Å²) in [5.41, 5.74) is 5.02. The van der Waals surface area contributed by atoms with E-state index in [1.807, 2.05) is 24.3 Å². The predicted molar refractivity (Wildman–Crippen MR) is 125 cm³/mol. The van der Waals surface area contributed by atoms with Crippen LogP contribution in [0.3, 0.4) is 0 Å². The van der Waals surface area contributed by atoms with Gasteiger partial charge in [-0.25, -0.2) is 0 Å². The van der Waals surface area contributed by atoms with Crippen LogP contribution in [0.15, 0.2) is 70.1 Å². The summed E-state index contributed by atoms with van der Waals surface area (Å²) >= 11 is 9.79. The van der Waals surface area contributed by atoms with E-state index in [1.165, 1.54) is 5.56 Å². The molecule has 2 atom stereocenters. The van der Waals surface area contributed by atoms with E-state index in [1.54, 1.807) is 19.2 Å². The summed E-state index contributed by atoms with van der Waals surface area (Å²) in [4.78, 5) is 5.01. The van der Waals surface area contributed by atoms with Crippen LogP contribution in [-0.2, 0) is 0 Å². The molecule has 154 valence electrons. The number of hydrogen-bond acceptors (Lipinski definition) is 4. The van der Waals surface area contributed by atoms with Crippen molar-refractivity contribution in [3.05, 3.63) is 92.4 Å². The molecule has 1 aliphatic rings. The number of rotatable bonds is 4. The van der Waals surface area contributed by atoms with Gasteiger partial charge < -0.3 is 9.84 Å². The normalized spacial score (nSPS) is 18.7. The molecule has 1 aliphatic heterocycles. The summed E-state index contributed by atoms with van der Waals surface area (Å²) in [7, 11) is 1.64. The Morgan fingerprint density at radius 3 is 2.57 bits per heavy atom. The molecule has 1 heterocycles. The first-order chi connectivity index (χ1) is 14.4. The van der Waals surface area contributed by atoms with Crippen LogP contribution in [0.25, 0.3) is 0 Å². The van der Waals surface area contributed by atoms with Crippen molar-refractivity contribution in [3.8, 4) is 11.5 Å². The minimum atomic E-state index is -0.277. The SMILES string of the molecule is COc1ccc([C@@H]2N=C(c3ccc(C)cc3)C[C@H](c3cc(Cl)ccc3O)N2)cc1Br. The molecule has 2 N–H and O–H groups in total. The number of benzene rings is 3.